The molecule has 3 aliphatic heterocycles. The van der Waals surface area contributed by atoms with Crippen LogP contribution in [0.4, 0.5) is 0 Å². The Kier molecular flexibility index (Phi) is 3.59. The number of thiazole rings is 1. The van der Waals surface area contributed by atoms with Crippen molar-refractivity contribution < 1.29 is 4.79 Å². The molecule has 4 nitrogen and oxygen atoms in total. The van der Waals surface area contributed by atoms with Crippen molar-refractivity contribution in [1.29, 1.82) is 0 Å². The molecule has 1 atom stereocenters. The Labute approximate surface area is 115 Å². The average molecular weight is 283 g/mol. The van der Waals surface area contributed by atoms with Gasteiger partial charge in [0.1, 0.15) is 9.22 Å². The lowest BCUT2D eigenvalue weighted by Gasteiger charge is -2.44. The molecule has 0 radical (unpaired) electrons. The zero-order valence-corrected chi connectivity index (χ0v) is 12.0. The standard InChI is InChI=1S/C12H17N3OS2/c1-17-12-13-6-10(18-12)11(16)14-9-7-15-4-2-8(9)3-5-15/h6,8-9H,2-5,7H2,1H3,(H,14,16)/t9-/m0/s1. The Morgan fingerprint density at radius 2 is 2.33 bits per heavy atom. The van der Waals surface area contributed by atoms with E-state index in [4.69, 9.17) is 0 Å². The Bertz CT molecular complexity index is 440. The van der Waals surface area contributed by atoms with E-state index in [0.717, 1.165) is 15.8 Å². The smallest absolute Gasteiger partial charge is 0.263 e. The minimum atomic E-state index is 0.0477. The van der Waals surface area contributed by atoms with Crippen molar-refractivity contribution in [3.8, 4) is 0 Å². The Balaban J connectivity index is 1.64. The van der Waals surface area contributed by atoms with E-state index in [2.05, 4.69) is 15.2 Å². The number of amides is 1. The molecular weight excluding hydrogens is 266 g/mol. The molecule has 4 rings (SSSR count). The molecule has 18 heavy (non-hydrogen) atoms. The number of fused-ring (bicyclic) bond motifs is 3. The second-order valence-corrected chi connectivity index (χ2v) is 7.00. The highest BCUT2D eigenvalue weighted by molar-refractivity contribution is 8.00. The van der Waals surface area contributed by atoms with Gasteiger partial charge in [-0.25, -0.2) is 4.98 Å². The summed E-state index contributed by atoms with van der Waals surface area (Å²) in [7, 11) is 0. The van der Waals surface area contributed by atoms with E-state index in [1.54, 1.807) is 18.0 Å². The van der Waals surface area contributed by atoms with E-state index in [9.17, 15) is 4.79 Å². The number of piperidine rings is 3. The molecule has 1 aromatic rings. The molecule has 4 heterocycles. The molecule has 98 valence electrons. The number of aromatic nitrogens is 1. The van der Waals surface area contributed by atoms with Crippen LogP contribution < -0.4 is 5.32 Å². The van der Waals surface area contributed by atoms with Crippen molar-refractivity contribution >= 4 is 29.0 Å². The molecule has 2 bridgehead atoms. The summed E-state index contributed by atoms with van der Waals surface area (Å²) in [5.74, 6) is 0.721. The van der Waals surface area contributed by atoms with Gasteiger partial charge in [-0.2, -0.15) is 0 Å². The molecule has 0 saturated carbocycles. The highest BCUT2D eigenvalue weighted by Gasteiger charge is 2.35. The molecule has 3 fully saturated rings. The number of thioether (sulfide) groups is 1. The minimum Gasteiger partial charge on any atom is -0.347 e. The Morgan fingerprint density at radius 1 is 1.56 bits per heavy atom. The summed E-state index contributed by atoms with van der Waals surface area (Å²) in [4.78, 5) is 19.5. The normalized spacial score (nSPS) is 30.4. The third kappa shape index (κ3) is 2.41. The van der Waals surface area contributed by atoms with Crippen LogP contribution in [0.1, 0.15) is 22.5 Å². The summed E-state index contributed by atoms with van der Waals surface area (Å²) in [6.45, 7) is 3.42. The lowest BCUT2D eigenvalue weighted by Crippen LogP contribution is -2.57. The first kappa shape index (κ1) is 12.4. The van der Waals surface area contributed by atoms with Gasteiger partial charge in [0.2, 0.25) is 0 Å². The molecule has 0 aromatic carbocycles. The molecular formula is C12H17N3OS2. The van der Waals surface area contributed by atoms with Crippen molar-refractivity contribution in [1.82, 2.24) is 15.2 Å². The van der Waals surface area contributed by atoms with Crippen LogP contribution in [0.5, 0.6) is 0 Å². The highest BCUT2D eigenvalue weighted by Crippen LogP contribution is 2.28. The van der Waals surface area contributed by atoms with Crippen LogP contribution in [0.15, 0.2) is 10.5 Å². The lowest BCUT2D eigenvalue weighted by atomic mass is 9.84. The van der Waals surface area contributed by atoms with Gasteiger partial charge in [-0.15, -0.1) is 11.3 Å². The first-order valence-corrected chi connectivity index (χ1v) is 8.33. The molecule has 1 N–H and O–H groups in total. The van der Waals surface area contributed by atoms with Gasteiger partial charge in [0.05, 0.1) is 6.20 Å². The Morgan fingerprint density at radius 3 is 2.89 bits per heavy atom. The number of carbonyl (C=O) groups excluding carboxylic acids is 1. The van der Waals surface area contributed by atoms with Crippen molar-refractivity contribution in [3.05, 3.63) is 11.1 Å². The fourth-order valence-corrected chi connectivity index (χ4v) is 4.14. The van der Waals surface area contributed by atoms with E-state index in [1.807, 2.05) is 6.26 Å². The van der Waals surface area contributed by atoms with Crippen molar-refractivity contribution in [2.24, 2.45) is 5.92 Å². The monoisotopic (exact) mass is 283 g/mol. The van der Waals surface area contributed by atoms with Gasteiger partial charge < -0.3 is 10.2 Å². The number of carbonyl (C=O) groups is 1. The van der Waals surface area contributed by atoms with Crippen LogP contribution >= 0.6 is 23.1 Å². The average Bonchev–Trinajstić information content (AvgIpc) is 2.89. The predicted octanol–water partition coefficient (Wildman–Crippen LogP) is 1.69. The van der Waals surface area contributed by atoms with E-state index < -0.39 is 0 Å². The molecule has 0 spiro atoms. The third-order valence-corrected chi connectivity index (χ3v) is 5.85. The number of hydrogen-bond acceptors (Lipinski definition) is 5. The molecule has 1 aromatic heterocycles. The van der Waals surface area contributed by atoms with Crippen LogP contribution in [-0.4, -0.2) is 47.7 Å². The van der Waals surface area contributed by atoms with Crippen LogP contribution in [-0.2, 0) is 0 Å². The van der Waals surface area contributed by atoms with Gasteiger partial charge in [0.25, 0.3) is 5.91 Å². The predicted molar refractivity (Wildman–Crippen MR) is 74.3 cm³/mol. The van der Waals surface area contributed by atoms with E-state index in [-0.39, 0.29) is 5.91 Å². The second-order valence-electron chi connectivity index (χ2n) is 4.91. The third-order valence-electron chi connectivity index (χ3n) is 3.86. The summed E-state index contributed by atoms with van der Waals surface area (Å²) < 4.78 is 0.953. The largest absolute Gasteiger partial charge is 0.347 e. The fourth-order valence-electron chi connectivity index (χ4n) is 2.83. The summed E-state index contributed by atoms with van der Waals surface area (Å²) in [5.41, 5.74) is 0. The van der Waals surface area contributed by atoms with Gasteiger partial charge in [0.15, 0.2) is 0 Å². The van der Waals surface area contributed by atoms with Crippen molar-refractivity contribution in [3.63, 3.8) is 0 Å². The van der Waals surface area contributed by atoms with Gasteiger partial charge in [-0.05, 0) is 38.1 Å². The lowest BCUT2D eigenvalue weighted by molar-refractivity contribution is 0.0622. The first-order chi connectivity index (χ1) is 8.76. The van der Waals surface area contributed by atoms with E-state index in [1.165, 1.54) is 37.3 Å². The summed E-state index contributed by atoms with van der Waals surface area (Å²) >= 11 is 3.06. The zero-order valence-electron chi connectivity index (χ0n) is 10.4. The van der Waals surface area contributed by atoms with Crippen molar-refractivity contribution in [2.45, 2.75) is 23.2 Å². The maximum Gasteiger partial charge on any atom is 0.263 e. The van der Waals surface area contributed by atoms with Crippen LogP contribution in [0.2, 0.25) is 0 Å². The van der Waals surface area contributed by atoms with Gasteiger partial charge >= 0.3 is 0 Å². The van der Waals surface area contributed by atoms with Crippen molar-refractivity contribution in [2.75, 3.05) is 25.9 Å². The van der Waals surface area contributed by atoms with E-state index >= 15 is 0 Å². The molecule has 3 aliphatic rings. The maximum absolute atomic E-state index is 12.2. The molecule has 6 heteroatoms. The zero-order chi connectivity index (χ0) is 12.5. The summed E-state index contributed by atoms with van der Waals surface area (Å²) in [5, 5.41) is 3.18. The molecule has 0 aliphatic carbocycles. The first-order valence-electron chi connectivity index (χ1n) is 6.29. The highest BCUT2D eigenvalue weighted by atomic mass is 32.2. The quantitative estimate of drug-likeness (QED) is 0.858. The number of hydrogen-bond donors (Lipinski definition) is 1. The fraction of sp³-hybridized carbons (Fsp3) is 0.667. The van der Waals surface area contributed by atoms with Gasteiger partial charge in [-0.1, -0.05) is 11.8 Å². The van der Waals surface area contributed by atoms with Gasteiger partial charge in [-0.3, -0.25) is 4.79 Å². The van der Waals surface area contributed by atoms with Crippen LogP contribution in [0.25, 0.3) is 0 Å². The van der Waals surface area contributed by atoms with Crippen LogP contribution in [0, 0.1) is 5.92 Å². The van der Waals surface area contributed by atoms with Crippen LogP contribution in [0.3, 0.4) is 0 Å². The SMILES string of the molecule is CSc1ncc(C(=O)N[C@H]2CN3CCC2CC3)s1. The van der Waals surface area contributed by atoms with Gasteiger partial charge in [0, 0.05) is 12.6 Å². The number of nitrogens with one attached hydrogen (secondary N) is 1. The summed E-state index contributed by atoms with van der Waals surface area (Å²) in [6.07, 6.45) is 6.12. The number of nitrogens with zero attached hydrogens (tertiary/aromatic N) is 2. The molecule has 1 amide bonds. The Hall–Kier alpha value is -0.590. The summed E-state index contributed by atoms with van der Waals surface area (Å²) in [6, 6.07) is 0.333. The minimum absolute atomic E-state index is 0.0477. The van der Waals surface area contributed by atoms with E-state index in [0.29, 0.717) is 12.0 Å². The molecule has 3 saturated heterocycles. The molecule has 0 unspecified atom stereocenters. The second kappa shape index (κ2) is 5.19. The topological polar surface area (TPSA) is 45.2 Å². The maximum atomic E-state index is 12.2. The number of rotatable bonds is 3.